The largest absolute Gasteiger partial charge is 0.356 e. The van der Waals surface area contributed by atoms with Crippen LogP contribution in [0, 0.1) is 23.0 Å². The Bertz CT molecular complexity index is 637. The number of piperidine rings is 1. The highest BCUT2D eigenvalue weighted by Crippen LogP contribution is 2.24. The van der Waals surface area contributed by atoms with Gasteiger partial charge in [-0.3, -0.25) is 19.7 Å². The van der Waals surface area contributed by atoms with Crippen LogP contribution < -0.4 is 5.32 Å². The van der Waals surface area contributed by atoms with E-state index in [4.69, 9.17) is 0 Å². The van der Waals surface area contributed by atoms with Crippen molar-refractivity contribution in [1.82, 2.24) is 10.2 Å². The lowest BCUT2D eigenvalue weighted by atomic mass is 9.95. The van der Waals surface area contributed by atoms with Crippen molar-refractivity contribution < 1.29 is 14.5 Å². The van der Waals surface area contributed by atoms with E-state index in [0.717, 1.165) is 6.42 Å². The maximum absolute atomic E-state index is 12.6. The van der Waals surface area contributed by atoms with E-state index >= 15 is 0 Å². The third-order valence-electron chi connectivity index (χ3n) is 4.43. The fourth-order valence-corrected chi connectivity index (χ4v) is 2.96. The summed E-state index contributed by atoms with van der Waals surface area (Å²) >= 11 is 0. The molecule has 1 aromatic rings. The second kappa shape index (κ2) is 7.90. The number of likely N-dealkylation sites (tertiary alicyclic amines) is 1. The van der Waals surface area contributed by atoms with Crippen molar-refractivity contribution in [2.45, 2.75) is 33.1 Å². The van der Waals surface area contributed by atoms with Crippen LogP contribution in [-0.2, 0) is 4.79 Å². The molecule has 1 aliphatic heterocycles. The van der Waals surface area contributed by atoms with E-state index in [1.165, 1.54) is 12.1 Å². The van der Waals surface area contributed by atoms with E-state index in [9.17, 15) is 19.7 Å². The van der Waals surface area contributed by atoms with Crippen molar-refractivity contribution in [3.8, 4) is 0 Å². The normalized spacial score (nSPS) is 15.2. The van der Waals surface area contributed by atoms with Gasteiger partial charge < -0.3 is 10.2 Å². The van der Waals surface area contributed by atoms with Crippen LogP contribution in [0.25, 0.3) is 0 Å². The molecule has 1 N–H and O–H groups in total. The number of nitrogens with zero attached hydrogens (tertiary/aromatic N) is 2. The molecule has 1 heterocycles. The molecule has 0 aromatic heterocycles. The van der Waals surface area contributed by atoms with Gasteiger partial charge in [0, 0.05) is 42.7 Å². The summed E-state index contributed by atoms with van der Waals surface area (Å²) in [7, 11) is 0. The van der Waals surface area contributed by atoms with Gasteiger partial charge in [0.1, 0.15) is 0 Å². The Morgan fingerprint density at radius 3 is 2.58 bits per heavy atom. The summed E-state index contributed by atoms with van der Waals surface area (Å²) in [6.07, 6.45) is 2.14. The monoisotopic (exact) mass is 333 g/mol. The number of nitro groups is 1. The number of nitrogens with one attached hydrogen (secondary N) is 1. The second-order valence-electron chi connectivity index (χ2n) is 6.06. The zero-order chi connectivity index (χ0) is 17.7. The van der Waals surface area contributed by atoms with Crippen LogP contribution in [0.1, 0.15) is 42.1 Å². The van der Waals surface area contributed by atoms with Gasteiger partial charge in [0.25, 0.3) is 11.6 Å². The molecular formula is C17H23N3O4. The molecule has 0 radical (unpaired) electrons. The molecule has 1 fully saturated rings. The molecule has 1 saturated heterocycles. The number of carbonyl (C=O) groups excluding carboxylic acids is 2. The highest BCUT2D eigenvalue weighted by atomic mass is 16.6. The summed E-state index contributed by atoms with van der Waals surface area (Å²) in [6.45, 7) is 5.25. The van der Waals surface area contributed by atoms with Crippen LogP contribution in [0.2, 0.25) is 0 Å². The van der Waals surface area contributed by atoms with Gasteiger partial charge in [0.05, 0.1) is 4.92 Å². The Morgan fingerprint density at radius 2 is 2.00 bits per heavy atom. The SMILES string of the molecule is CCCNC(=O)C1CCN(C(=O)c2cccc([N+](=O)[O-])c2C)CC1. The second-order valence-corrected chi connectivity index (χ2v) is 6.06. The lowest BCUT2D eigenvalue weighted by Crippen LogP contribution is -2.43. The molecule has 0 saturated carbocycles. The first-order valence-electron chi connectivity index (χ1n) is 8.26. The topological polar surface area (TPSA) is 92.6 Å². The van der Waals surface area contributed by atoms with Gasteiger partial charge in [-0.1, -0.05) is 13.0 Å². The summed E-state index contributed by atoms with van der Waals surface area (Å²) < 4.78 is 0. The van der Waals surface area contributed by atoms with Gasteiger partial charge in [-0.25, -0.2) is 0 Å². The summed E-state index contributed by atoms with van der Waals surface area (Å²) in [5.74, 6) is -0.217. The van der Waals surface area contributed by atoms with E-state index in [0.29, 0.717) is 43.6 Å². The molecule has 7 nitrogen and oxygen atoms in total. The molecule has 0 atom stereocenters. The lowest BCUT2D eigenvalue weighted by molar-refractivity contribution is -0.385. The van der Waals surface area contributed by atoms with Gasteiger partial charge in [0.2, 0.25) is 5.91 Å². The maximum Gasteiger partial charge on any atom is 0.273 e. The molecule has 7 heteroatoms. The zero-order valence-corrected chi connectivity index (χ0v) is 14.1. The molecule has 2 rings (SSSR count). The van der Waals surface area contributed by atoms with Gasteiger partial charge in [-0.15, -0.1) is 0 Å². The van der Waals surface area contributed by atoms with Crippen LogP contribution in [0.15, 0.2) is 18.2 Å². The minimum atomic E-state index is -0.476. The van der Waals surface area contributed by atoms with Crippen LogP contribution >= 0.6 is 0 Å². The van der Waals surface area contributed by atoms with Crippen molar-refractivity contribution in [3.05, 3.63) is 39.4 Å². The van der Waals surface area contributed by atoms with Crippen molar-refractivity contribution in [2.24, 2.45) is 5.92 Å². The number of hydrogen-bond acceptors (Lipinski definition) is 4. The molecule has 1 aromatic carbocycles. The zero-order valence-electron chi connectivity index (χ0n) is 14.1. The average Bonchev–Trinajstić information content (AvgIpc) is 2.59. The number of nitro benzene ring substituents is 1. The Kier molecular flexibility index (Phi) is 5.89. The minimum absolute atomic E-state index is 0.0466. The van der Waals surface area contributed by atoms with Gasteiger partial charge >= 0.3 is 0 Å². The fraction of sp³-hybridized carbons (Fsp3) is 0.529. The van der Waals surface area contributed by atoms with E-state index in [2.05, 4.69) is 5.32 Å². The predicted octanol–water partition coefficient (Wildman–Crippen LogP) is 2.28. The summed E-state index contributed by atoms with van der Waals surface area (Å²) in [5.41, 5.74) is 0.697. The first-order valence-corrected chi connectivity index (χ1v) is 8.26. The number of amides is 2. The summed E-state index contributed by atoms with van der Waals surface area (Å²) in [6, 6.07) is 4.55. The molecule has 0 unspecified atom stereocenters. The smallest absolute Gasteiger partial charge is 0.273 e. The first kappa shape index (κ1) is 17.9. The average molecular weight is 333 g/mol. The lowest BCUT2D eigenvalue weighted by Gasteiger charge is -2.31. The summed E-state index contributed by atoms with van der Waals surface area (Å²) in [5, 5.41) is 13.9. The number of rotatable bonds is 5. The highest BCUT2D eigenvalue weighted by molar-refractivity contribution is 5.96. The fourth-order valence-electron chi connectivity index (χ4n) is 2.96. The predicted molar refractivity (Wildman–Crippen MR) is 89.8 cm³/mol. The quantitative estimate of drug-likeness (QED) is 0.661. The van der Waals surface area contributed by atoms with Crippen LogP contribution in [0.4, 0.5) is 5.69 Å². The number of carbonyl (C=O) groups is 2. The number of hydrogen-bond donors (Lipinski definition) is 1. The minimum Gasteiger partial charge on any atom is -0.356 e. The Balaban J connectivity index is 2.02. The molecule has 2 amide bonds. The van der Waals surface area contributed by atoms with Crippen molar-refractivity contribution >= 4 is 17.5 Å². The standard InChI is InChI=1S/C17H23N3O4/c1-3-9-18-16(21)13-7-10-19(11-8-13)17(22)14-5-4-6-15(12(14)2)20(23)24/h4-6,13H,3,7-11H2,1-2H3,(H,18,21). The van der Waals surface area contributed by atoms with Gasteiger partial charge in [0.15, 0.2) is 0 Å². The highest BCUT2D eigenvalue weighted by Gasteiger charge is 2.29. The molecule has 1 aliphatic rings. The molecule has 24 heavy (non-hydrogen) atoms. The van der Waals surface area contributed by atoms with E-state index < -0.39 is 4.92 Å². The van der Waals surface area contributed by atoms with E-state index in [1.807, 2.05) is 6.92 Å². The van der Waals surface area contributed by atoms with Crippen LogP contribution in [-0.4, -0.2) is 41.3 Å². The first-order chi connectivity index (χ1) is 11.5. The van der Waals surface area contributed by atoms with Crippen LogP contribution in [0.3, 0.4) is 0 Å². The third-order valence-corrected chi connectivity index (χ3v) is 4.43. The molecule has 130 valence electrons. The van der Waals surface area contributed by atoms with E-state index in [-0.39, 0.29) is 23.4 Å². The van der Waals surface area contributed by atoms with Crippen LogP contribution in [0.5, 0.6) is 0 Å². The Morgan fingerprint density at radius 1 is 1.33 bits per heavy atom. The van der Waals surface area contributed by atoms with Crippen molar-refractivity contribution in [3.63, 3.8) is 0 Å². The van der Waals surface area contributed by atoms with Gasteiger partial charge in [-0.05, 0) is 32.3 Å². The van der Waals surface area contributed by atoms with Crippen molar-refractivity contribution in [1.29, 1.82) is 0 Å². The summed E-state index contributed by atoms with van der Waals surface area (Å²) in [4.78, 5) is 36.8. The van der Waals surface area contributed by atoms with Gasteiger partial charge in [-0.2, -0.15) is 0 Å². The Labute approximate surface area is 141 Å². The van der Waals surface area contributed by atoms with E-state index in [1.54, 1.807) is 17.9 Å². The third kappa shape index (κ3) is 3.90. The Hall–Kier alpha value is -2.44. The molecule has 0 aliphatic carbocycles. The molecule has 0 bridgehead atoms. The molecule has 0 spiro atoms. The van der Waals surface area contributed by atoms with Crippen molar-refractivity contribution in [2.75, 3.05) is 19.6 Å². The molecular weight excluding hydrogens is 310 g/mol. The number of benzene rings is 1. The maximum atomic E-state index is 12.6.